The molecule has 0 aliphatic rings. The molecule has 0 unspecified atom stereocenters. The lowest BCUT2D eigenvalue weighted by Gasteiger charge is -2.06. The van der Waals surface area contributed by atoms with E-state index in [9.17, 15) is 0 Å². The maximum Gasteiger partial charge on any atom is 0.0523 e. The topological polar surface area (TPSA) is 17.0 Å². The summed E-state index contributed by atoms with van der Waals surface area (Å²) in [7, 11) is 2.10. The summed E-state index contributed by atoms with van der Waals surface area (Å²) >= 11 is 0. The Balaban J connectivity index is 2.46. The van der Waals surface area contributed by atoms with Crippen LogP contribution in [0.15, 0.2) is 30.5 Å². The van der Waals surface area contributed by atoms with E-state index in [0.717, 1.165) is 13.1 Å². The lowest BCUT2D eigenvalue weighted by molar-refractivity contribution is 0.727. The van der Waals surface area contributed by atoms with E-state index in [4.69, 9.17) is 0 Å². The molecule has 0 aliphatic carbocycles. The van der Waals surface area contributed by atoms with Crippen molar-refractivity contribution in [3.8, 4) is 0 Å². The van der Waals surface area contributed by atoms with E-state index in [0.29, 0.717) is 0 Å². The number of hydrogen-bond acceptors (Lipinski definition) is 1. The second-order valence-electron chi connectivity index (χ2n) is 3.56. The third-order valence-corrected chi connectivity index (χ3v) is 2.55. The van der Waals surface area contributed by atoms with Crippen molar-refractivity contribution in [2.75, 3.05) is 6.54 Å². The molecule has 2 nitrogen and oxygen atoms in total. The molecule has 1 heterocycles. The Bertz CT molecular complexity index is 429. The van der Waals surface area contributed by atoms with Crippen molar-refractivity contribution in [3.05, 3.63) is 36.0 Å². The van der Waals surface area contributed by atoms with E-state index < -0.39 is 0 Å². The highest BCUT2D eigenvalue weighted by molar-refractivity contribution is 5.83. The SMILES string of the molecule is CCNCc1cccc2ccn(C)c12. The molecular weight excluding hydrogens is 172 g/mol. The van der Waals surface area contributed by atoms with Crippen LogP contribution < -0.4 is 5.32 Å². The van der Waals surface area contributed by atoms with Crippen LogP contribution in [0.25, 0.3) is 10.9 Å². The highest BCUT2D eigenvalue weighted by Crippen LogP contribution is 2.18. The lowest BCUT2D eigenvalue weighted by atomic mass is 10.1. The van der Waals surface area contributed by atoms with Gasteiger partial charge in [0, 0.05) is 19.8 Å². The van der Waals surface area contributed by atoms with Gasteiger partial charge < -0.3 is 9.88 Å². The van der Waals surface area contributed by atoms with Crippen LogP contribution >= 0.6 is 0 Å². The number of benzene rings is 1. The van der Waals surface area contributed by atoms with Gasteiger partial charge in [-0.25, -0.2) is 0 Å². The summed E-state index contributed by atoms with van der Waals surface area (Å²) in [6.45, 7) is 4.09. The molecule has 2 aromatic rings. The zero-order valence-corrected chi connectivity index (χ0v) is 8.75. The van der Waals surface area contributed by atoms with Crippen LogP contribution in [0.1, 0.15) is 12.5 Å². The molecule has 0 atom stereocenters. The van der Waals surface area contributed by atoms with E-state index in [1.807, 2.05) is 0 Å². The summed E-state index contributed by atoms with van der Waals surface area (Å²) in [5.41, 5.74) is 2.71. The predicted octanol–water partition coefficient (Wildman–Crippen LogP) is 2.29. The Morgan fingerprint density at radius 3 is 2.93 bits per heavy atom. The molecule has 0 radical (unpaired) electrons. The second-order valence-corrected chi connectivity index (χ2v) is 3.56. The molecule has 2 rings (SSSR count). The van der Waals surface area contributed by atoms with Gasteiger partial charge in [0.05, 0.1) is 5.52 Å². The summed E-state index contributed by atoms with van der Waals surface area (Å²) in [4.78, 5) is 0. The molecule has 0 saturated heterocycles. The molecule has 74 valence electrons. The highest BCUT2D eigenvalue weighted by Gasteiger charge is 2.02. The molecule has 14 heavy (non-hydrogen) atoms. The van der Waals surface area contributed by atoms with Gasteiger partial charge in [-0.2, -0.15) is 0 Å². The molecule has 0 amide bonds. The van der Waals surface area contributed by atoms with Crippen molar-refractivity contribution in [2.45, 2.75) is 13.5 Å². The third-order valence-electron chi connectivity index (χ3n) is 2.55. The summed E-state index contributed by atoms with van der Waals surface area (Å²) in [6, 6.07) is 8.62. The Kier molecular flexibility index (Phi) is 2.55. The summed E-state index contributed by atoms with van der Waals surface area (Å²) < 4.78 is 2.18. The lowest BCUT2D eigenvalue weighted by Crippen LogP contribution is -2.12. The molecular formula is C12H16N2. The van der Waals surface area contributed by atoms with Crippen LogP contribution in [0.5, 0.6) is 0 Å². The number of rotatable bonds is 3. The fourth-order valence-corrected chi connectivity index (χ4v) is 1.84. The number of hydrogen-bond donors (Lipinski definition) is 1. The van der Waals surface area contributed by atoms with Crippen LogP contribution in [0.3, 0.4) is 0 Å². The van der Waals surface area contributed by atoms with Crippen LogP contribution in [0.4, 0.5) is 0 Å². The van der Waals surface area contributed by atoms with Crippen LogP contribution in [0.2, 0.25) is 0 Å². The minimum absolute atomic E-state index is 0.950. The maximum atomic E-state index is 3.36. The zero-order valence-electron chi connectivity index (χ0n) is 8.75. The van der Waals surface area contributed by atoms with Crippen LogP contribution in [0, 0.1) is 0 Å². The minimum Gasteiger partial charge on any atom is -0.350 e. The van der Waals surface area contributed by atoms with Crippen molar-refractivity contribution in [2.24, 2.45) is 7.05 Å². The first-order valence-corrected chi connectivity index (χ1v) is 5.06. The molecule has 2 heteroatoms. The first-order valence-electron chi connectivity index (χ1n) is 5.06. The van der Waals surface area contributed by atoms with Crippen LogP contribution in [-0.2, 0) is 13.6 Å². The molecule has 1 N–H and O–H groups in total. The number of fused-ring (bicyclic) bond motifs is 1. The Morgan fingerprint density at radius 1 is 1.29 bits per heavy atom. The van der Waals surface area contributed by atoms with Gasteiger partial charge in [0.15, 0.2) is 0 Å². The number of para-hydroxylation sites is 1. The smallest absolute Gasteiger partial charge is 0.0523 e. The van der Waals surface area contributed by atoms with Gasteiger partial charge in [-0.3, -0.25) is 0 Å². The van der Waals surface area contributed by atoms with E-state index in [2.05, 4.69) is 54.3 Å². The van der Waals surface area contributed by atoms with Gasteiger partial charge in [0.25, 0.3) is 0 Å². The summed E-state index contributed by atoms with van der Waals surface area (Å²) in [5.74, 6) is 0. The van der Waals surface area contributed by atoms with Crippen LogP contribution in [-0.4, -0.2) is 11.1 Å². The van der Waals surface area contributed by atoms with Crippen molar-refractivity contribution in [1.29, 1.82) is 0 Å². The van der Waals surface area contributed by atoms with Gasteiger partial charge in [-0.1, -0.05) is 25.1 Å². The van der Waals surface area contributed by atoms with Gasteiger partial charge in [0.1, 0.15) is 0 Å². The van der Waals surface area contributed by atoms with Crippen molar-refractivity contribution in [3.63, 3.8) is 0 Å². The minimum atomic E-state index is 0.950. The van der Waals surface area contributed by atoms with Gasteiger partial charge in [-0.05, 0) is 23.6 Å². The number of nitrogens with zero attached hydrogens (tertiary/aromatic N) is 1. The Morgan fingerprint density at radius 2 is 2.14 bits per heavy atom. The first-order chi connectivity index (χ1) is 6.83. The largest absolute Gasteiger partial charge is 0.350 e. The Labute approximate surface area is 84.5 Å². The van der Waals surface area contributed by atoms with Gasteiger partial charge in [-0.15, -0.1) is 0 Å². The summed E-state index contributed by atoms with van der Waals surface area (Å²) in [6.07, 6.45) is 2.11. The average Bonchev–Trinajstić information content (AvgIpc) is 2.58. The third kappa shape index (κ3) is 1.53. The van der Waals surface area contributed by atoms with Gasteiger partial charge >= 0.3 is 0 Å². The Hall–Kier alpha value is -1.28. The van der Waals surface area contributed by atoms with Crippen molar-refractivity contribution < 1.29 is 0 Å². The average molecular weight is 188 g/mol. The number of aryl methyl sites for hydroxylation is 1. The molecule has 0 aliphatic heterocycles. The van der Waals surface area contributed by atoms with E-state index in [-0.39, 0.29) is 0 Å². The van der Waals surface area contributed by atoms with Crippen molar-refractivity contribution >= 4 is 10.9 Å². The normalized spacial score (nSPS) is 11.0. The predicted molar refractivity (Wildman–Crippen MR) is 60.3 cm³/mol. The van der Waals surface area contributed by atoms with E-state index >= 15 is 0 Å². The molecule has 0 spiro atoms. The molecule has 0 bridgehead atoms. The summed E-state index contributed by atoms with van der Waals surface area (Å²) in [5, 5.41) is 4.68. The van der Waals surface area contributed by atoms with Gasteiger partial charge in [0.2, 0.25) is 0 Å². The first kappa shape index (κ1) is 9.28. The monoisotopic (exact) mass is 188 g/mol. The molecule has 0 fully saturated rings. The zero-order chi connectivity index (χ0) is 9.97. The molecule has 0 saturated carbocycles. The highest BCUT2D eigenvalue weighted by atomic mass is 14.9. The van der Waals surface area contributed by atoms with E-state index in [1.54, 1.807) is 0 Å². The van der Waals surface area contributed by atoms with Crippen molar-refractivity contribution in [1.82, 2.24) is 9.88 Å². The van der Waals surface area contributed by atoms with E-state index in [1.165, 1.54) is 16.5 Å². The number of nitrogens with one attached hydrogen (secondary N) is 1. The fraction of sp³-hybridized carbons (Fsp3) is 0.333. The standard InChI is InChI=1S/C12H16N2/c1-3-13-9-11-6-4-5-10-7-8-14(2)12(10)11/h4-8,13H,3,9H2,1-2H3. The quantitative estimate of drug-likeness (QED) is 0.782. The second kappa shape index (κ2) is 3.84. The fourth-order valence-electron chi connectivity index (χ4n) is 1.84. The number of aromatic nitrogens is 1. The molecule has 1 aromatic heterocycles. The maximum absolute atomic E-state index is 3.36. The molecule has 1 aromatic carbocycles.